The van der Waals surface area contributed by atoms with Gasteiger partial charge in [0.25, 0.3) is 5.91 Å². The minimum atomic E-state index is -0.289. The van der Waals surface area contributed by atoms with Gasteiger partial charge in [-0.3, -0.25) is 19.3 Å². The van der Waals surface area contributed by atoms with Crippen molar-refractivity contribution in [1.29, 1.82) is 0 Å². The van der Waals surface area contributed by atoms with Crippen molar-refractivity contribution in [3.05, 3.63) is 59.9 Å². The Labute approximate surface area is 150 Å². The fourth-order valence-corrected chi connectivity index (χ4v) is 3.42. The molecule has 26 heavy (non-hydrogen) atoms. The summed E-state index contributed by atoms with van der Waals surface area (Å²) < 4.78 is 13.0. The lowest BCUT2D eigenvalue weighted by Crippen LogP contribution is -2.62. The fourth-order valence-electron chi connectivity index (χ4n) is 3.42. The average Bonchev–Trinajstić information content (AvgIpc) is 2.94. The Bertz CT molecular complexity index is 855. The van der Waals surface area contributed by atoms with Crippen molar-refractivity contribution >= 4 is 17.7 Å². The van der Waals surface area contributed by atoms with Gasteiger partial charge in [-0.05, 0) is 35.4 Å². The summed E-state index contributed by atoms with van der Waals surface area (Å²) in [6, 6.07) is 13.1. The summed E-state index contributed by atoms with van der Waals surface area (Å²) in [5.74, 6) is -0.694. The molecule has 0 saturated carbocycles. The van der Waals surface area contributed by atoms with Gasteiger partial charge in [-0.2, -0.15) is 0 Å². The first-order valence-corrected chi connectivity index (χ1v) is 8.53. The van der Waals surface area contributed by atoms with Crippen LogP contribution < -0.4 is 0 Å². The van der Waals surface area contributed by atoms with E-state index in [-0.39, 0.29) is 42.4 Å². The molecular weight excluding hydrogens is 335 g/mol. The van der Waals surface area contributed by atoms with Crippen molar-refractivity contribution in [3.8, 4) is 11.1 Å². The Morgan fingerprint density at radius 2 is 1.35 bits per heavy atom. The third kappa shape index (κ3) is 2.87. The van der Waals surface area contributed by atoms with Gasteiger partial charge in [0.1, 0.15) is 5.82 Å². The number of benzene rings is 2. The average molecular weight is 352 g/mol. The molecule has 5 nitrogen and oxygen atoms in total. The second-order valence-electron chi connectivity index (χ2n) is 6.61. The van der Waals surface area contributed by atoms with Crippen molar-refractivity contribution in [2.45, 2.75) is 18.9 Å². The quantitative estimate of drug-likeness (QED) is 0.798. The van der Waals surface area contributed by atoms with Gasteiger partial charge in [-0.25, -0.2) is 4.39 Å². The van der Waals surface area contributed by atoms with Crippen molar-refractivity contribution in [2.75, 3.05) is 13.1 Å². The maximum absolute atomic E-state index is 13.0. The predicted molar refractivity (Wildman–Crippen MR) is 92.6 cm³/mol. The Hall–Kier alpha value is -3.02. The van der Waals surface area contributed by atoms with Crippen LogP contribution in [-0.4, -0.2) is 46.7 Å². The zero-order chi connectivity index (χ0) is 18.3. The first kappa shape index (κ1) is 16.4. The molecule has 3 amide bonds. The summed E-state index contributed by atoms with van der Waals surface area (Å²) in [5, 5.41) is 0. The van der Waals surface area contributed by atoms with Crippen LogP contribution in [0.2, 0.25) is 0 Å². The molecule has 6 heteroatoms. The molecule has 0 unspecified atom stereocenters. The number of rotatable bonds is 3. The van der Waals surface area contributed by atoms with Gasteiger partial charge in [0.15, 0.2) is 0 Å². The lowest BCUT2D eigenvalue weighted by molar-refractivity contribution is -0.144. The van der Waals surface area contributed by atoms with E-state index >= 15 is 0 Å². The Morgan fingerprint density at radius 3 is 1.88 bits per heavy atom. The van der Waals surface area contributed by atoms with Crippen LogP contribution in [0.4, 0.5) is 4.39 Å². The number of carbonyl (C=O) groups is 3. The van der Waals surface area contributed by atoms with Crippen molar-refractivity contribution in [2.24, 2.45) is 0 Å². The molecule has 2 fully saturated rings. The van der Waals surface area contributed by atoms with E-state index in [4.69, 9.17) is 0 Å². The van der Waals surface area contributed by atoms with E-state index in [1.807, 2.05) is 12.1 Å². The van der Waals surface area contributed by atoms with Gasteiger partial charge >= 0.3 is 0 Å². The Morgan fingerprint density at radius 1 is 0.846 bits per heavy atom. The molecule has 0 aromatic heterocycles. The summed E-state index contributed by atoms with van der Waals surface area (Å²) in [6.45, 7) is 0.770. The van der Waals surface area contributed by atoms with Gasteiger partial charge in [-0.1, -0.05) is 24.3 Å². The summed E-state index contributed by atoms with van der Waals surface area (Å²) in [7, 11) is 0. The highest BCUT2D eigenvalue weighted by Gasteiger charge is 2.42. The summed E-state index contributed by atoms with van der Waals surface area (Å²) in [4.78, 5) is 38.9. The van der Waals surface area contributed by atoms with Gasteiger partial charge < -0.3 is 4.90 Å². The fraction of sp³-hybridized carbons (Fsp3) is 0.250. The first-order valence-electron chi connectivity index (χ1n) is 8.53. The van der Waals surface area contributed by atoms with Crippen molar-refractivity contribution in [3.63, 3.8) is 0 Å². The van der Waals surface area contributed by atoms with Gasteiger partial charge in [0.05, 0.1) is 6.04 Å². The molecule has 132 valence electrons. The number of carbonyl (C=O) groups excluding carboxylic acids is 3. The largest absolute Gasteiger partial charge is 0.334 e. The number of nitrogens with zero attached hydrogens (tertiary/aromatic N) is 2. The molecule has 0 aliphatic carbocycles. The minimum Gasteiger partial charge on any atom is -0.334 e. The molecule has 2 aliphatic heterocycles. The number of hydrogen-bond acceptors (Lipinski definition) is 3. The molecule has 2 aromatic rings. The standard InChI is InChI=1S/C20H17FN2O3/c21-16-7-5-14(6-8-16)13-1-3-15(4-2-13)20(26)22-11-17(12-22)23-18(24)9-10-19(23)25/h1-8,17H,9-12H2. The second kappa shape index (κ2) is 6.37. The van der Waals surface area contributed by atoms with Crippen molar-refractivity contribution in [1.82, 2.24) is 9.80 Å². The third-order valence-electron chi connectivity index (χ3n) is 4.91. The molecular formula is C20H17FN2O3. The molecule has 0 spiro atoms. The number of hydrogen-bond donors (Lipinski definition) is 0. The maximum atomic E-state index is 13.0. The lowest BCUT2D eigenvalue weighted by Gasteiger charge is -2.43. The van der Waals surface area contributed by atoms with E-state index < -0.39 is 0 Å². The zero-order valence-corrected chi connectivity index (χ0v) is 14.0. The number of imide groups is 1. The van der Waals surface area contributed by atoms with E-state index in [0.717, 1.165) is 11.1 Å². The molecule has 2 heterocycles. The normalized spacial score (nSPS) is 17.6. The zero-order valence-electron chi connectivity index (χ0n) is 14.0. The van der Waals surface area contributed by atoms with Crippen LogP contribution >= 0.6 is 0 Å². The topological polar surface area (TPSA) is 57.7 Å². The van der Waals surface area contributed by atoms with Crippen molar-refractivity contribution < 1.29 is 18.8 Å². The van der Waals surface area contributed by atoms with Gasteiger partial charge in [0.2, 0.25) is 11.8 Å². The molecule has 0 bridgehead atoms. The number of amides is 3. The smallest absolute Gasteiger partial charge is 0.253 e. The van der Waals surface area contributed by atoms with E-state index in [1.54, 1.807) is 29.2 Å². The first-order chi connectivity index (χ1) is 12.5. The molecule has 0 radical (unpaired) electrons. The van der Waals surface area contributed by atoms with Crippen LogP contribution in [0, 0.1) is 5.82 Å². The molecule has 2 aliphatic rings. The molecule has 2 saturated heterocycles. The van der Waals surface area contributed by atoms with Crippen LogP contribution in [0.3, 0.4) is 0 Å². The third-order valence-corrected chi connectivity index (χ3v) is 4.91. The van der Waals surface area contributed by atoms with E-state index in [2.05, 4.69) is 0 Å². The minimum absolute atomic E-state index is 0.119. The number of halogens is 1. The van der Waals surface area contributed by atoms with Gasteiger partial charge in [0, 0.05) is 31.5 Å². The highest BCUT2D eigenvalue weighted by atomic mass is 19.1. The van der Waals surface area contributed by atoms with Crippen LogP contribution in [0.5, 0.6) is 0 Å². The van der Waals surface area contributed by atoms with E-state index in [0.29, 0.717) is 18.7 Å². The monoisotopic (exact) mass is 352 g/mol. The second-order valence-corrected chi connectivity index (χ2v) is 6.61. The Balaban J connectivity index is 1.41. The molecule has 4 rings (SSSR count). The van der Waals surface area contributed by atoms with Crippen LogP contribution in [0.15, 0.2) is 48.5 Å². The summed E-state index contributed by atoms with van der Waals surface area (Å²) in [5.41, 5.74) is 2.32. The van der Waals surface area contributed by atoms with Crippen LogP contribution in [0.25, 0.3) is 11.1 Å². The molecule has 0 atom stereocenters. The van der Waals surface area contributed by atoms with E-state index in [1.165, 1.54) is 17.0 Å². The van der Waals surface area contributed by atoms with Crippen LogP contribution in [0.1, 0.15) is 23.2 Å². The highest BCUT2D eigenvalue weighted by Crippen LogP contribution is 2.25. The lowest BCUT2D eigenvalue weighted by atomic mass is 10.0. The highest BCUT2D eigenvalue weighted by molar-refractivity contribution is 6.03. The molecule has 0 N–H and O–H groups in total. The summed E-state index contributed by atoms with van der Waals surface area (Å²) >= 11 is 0. The predicted octanol–water partition coefficient (Wildman–Crippen LogP) is 2.47. The SMILES string of the molecule is O=C(c1ccc(-c2ccc(F)cc2)cc1)N1CC(N2C(=O)CCC2=O)C1. The molecule has 2 aromatic carbocycles. The number of likely N-dealkylation sites (tertiary alicyclic amines) is 2. The van der Waals surface area contributed by atoms with Gasteiger partial charge in [-0.15, -0.1) is 0 Å². The van der Waals surface area contributed by atoms with Crippen LogP contribution in [-0.2, 0) is 9.59 Å². The van der Waals surface area contributed by atoms with E-state index in [9.17, 15) is 18.8 Å². The summed E-state index contributed by atoms with van der Waals surface area (Å²) in [6.07, 6.45) is 0.544. The Kier molecular flexibility index (Phi) is 4.03. The maximum Gasteiger partial charge on any atom is 0.253 e.